The Morgan fingerprint density at radius 2 is 2.29 bits per heavy atom. The van der Waals surface area contributed by atoms with Gasteiger partial charge in [0.1, 0.15) is 12.1 Å². The molecule has 0 aliphatic carbocycles. The molecule has 0 spiro atoms. The third kappa shape index (κ3) is 2.73. The predicted octanol–water partition coefficient (Wildman–Crippen LogP) is 2.19. The highest BCUT2D eigenvalue weighted by Crippen LogP contribution is 2.24. The van der Waals surface area contributed by atoms with E-state index in [1.807, 2.05) is 18.5 Å². The molecule has 1 atom stereocenters. The summed E-state index contributed by atoms with van der Waals surface area (Å²) in [5.74, 6) is 1.44. The second kappa shape index (κ2) is 4.97. The molecule has 0 radical (unpaired) electrons. The van der Waals surface area contributed by atoms with Gasteiger partial charge in [-0.15, -0.1) is 10.2 Å². The Morgan fingerprint density at radius 1 is 1.53 bits per heavy atom. The fourth-order valence-corrected chi connectivity index (χ4v) is 1.84. The van der Waals surface area contributed by atoms with Crippen molar-refractivity contribution in [2.75, 3.05) is 5.32 Å². The number of rotatable bonds is 3. The van der Waals surface area contributed by atoms with Crippen LogP contribution >= 0.6 is 27.5 Å². The van der Waals surface area contributed by atoms with Crippen molar-refractivity contribution in [1.29, 1.82) is 0 Å². The number of aryl methyl sites for hydroxylation is 1. The summed E-state index contributed by atoms with van der Waals surface area (Å²) >= 11 is 9.09. The second-order valence-corrected chi connectivity index (χ2v) is 4.69. The molecule has 8 heteroatoms. The van der Waals surface area contributed by atoms with Gasteiger partial charge < -0.3 is 9.88 Å². The van der Waals surface area contributed by atoms with E-state index in [0.29, 0.717) is 5.82 Å². The van der Waals surface area contributed by atoms with Gasteiger partial charge in [0.15, 0.2) is 5.82 Å². The van der Waals surface area contributed by atoms with Gasteiger partial charge in [0.2, 0.25) is 5.28 Å². The number of aromatic nitrogens is 5. The summed E-state index contributed by atoms with van der Waals surface area (Å²) in [6.45, 7) is 1.96. The SMILES string of the molecule is CC(Nc1nc(Cl)ncc1Br)c1nncn1C. The van der Waals surface area contributed by atoms with Crippen LogP contribution in [-0.4, -0.2) is 24.7 Å². The van der Waals surface area contributed by atoms with Crippen molar-refractivity contribution in [2.24, 2.45) is 7.05 Å². The third-order valence-electron chi connectivity index (χ3n) is 2.20. The summed E-state index contributed by atoms with van der Waals surface area (Å²) < 4.78 is 2.59. The van der Waals surface area contributed by atoms with Gasteiger partial charge in [-0.3, -0.25) is 0 Å². The van der Waals surface area contributed by atoms with Gasteiger partial charge in [-0.25, -0.2) is 4.98 Å². The average molecular weight is 318 g/mol. The van der Waals surface area contributed by atoms with Crippen LogP contribution in [0.25, 0.3) is 0 Å². The molecule has 2 rings (SSSR count). The third-order valence-corrected chi connectivity index (χ3v) is 2.96. The van der Waals surface area contributed by atoms with E-state index in [1.54, 1.807) is 12.5 Å². The average Bonchev–Trinajstić information content (AvgIpc) is 2.70. The highest BCUT2D eigenvalue weighted by atomic mass is 79.9. The molecule has 6 nitrogen and oxygen atoms in total. The van der Waals surface area contributed by atoms with Crippen LogP contribution < -0.4 is 5.32 Å². The number of halogens is 2. The van der Waals surface area contributed by atoms with Gasteiger partial charge in [-0.2, -0.15) is 4.98 Å². The summed E-state index contributed by atoms with van der Waals surface area (Å²) in [6.07, 6.45) is 3.25. The van der Waals surface area contributed by atoms with Crippen LogP contribution in [0.2, 0.25) is 5.28 Å². The molecule has 0 saturated heterocycles. The van der Waals surface area contributed by atoms with Crippen LogP contribution in [0.1, 0.15) is 18.8 Å². The predicted molar refractivity (Wildman–Crippen MR) is 67.8 cm³/mol. The van der Waals surface area contributed by atoms with Crippen LogP contribution in [0.5, 0.6) is 0 Å². The highest BCUT2D eigenvalue weighted by molar-refractivity contribution is 9.10. The highest BCUT2D eigenvalue weighted by Gasteiger charge is 2.13. The van der Waals surface area contributed by atoms with Gasteiger partial charge in [0.05, 0.1) is 10.5 Å². The molecule has 0 fully saturated rings. The Morgan fingerprint density at radius 3 is 2.94 bits per heavy atom. The first kappa shape index (κ1) is 12.3. The molecular formula is C9H10BrClN6. The normalized spacial score (nSPS) is 12.5. The maximum atomic E-state index is 5.74. The zero-order chi connectivity index (χ0) is 12.4. The van der Waals surface area contributed by atoms with Crippen LogP contribution in [0.4, 0.5) is 5.82 Å². The molecule has 0 aromatic carbocycles. The van der Waals surface area contributed by atoms with Gasteiger partial charge >= 0.3 is 0 Å². The zero-order valence-corrected chi connectivity index (χ0v) is 11.6. The smallest absolute Gasteiger partial charge is 0.224 e. The molecule has 0 saturated carbocycles. The first-order valence-electron chi connectivity index (χ1n) is 4.86. The summed E-state index contributed by atoms with van der Waals surface area (Å²) in [7, 11) is 1.88. The lowest BCUT2D eigenvalue weighted by Gasteiger charge is -2.14. The molecule has 90 valence electrons. The monoisotopic (exact) mass is 316 g/mol. The minimum absolute atomic E-state index is 0.0373. The van der Waals surface area contributed by atoms with E-state index >= 15 is 0 Å². The van der Waals surface area contributed by atoms with Crippen molar-refractivity contribution >= 4 is 33.3 Å². The fourth-order valence-electron chi connectivity index (χ4n) is 1.40. The molecule has 2 aromatic heterocycles. The number of hydrogen-bond acceptors (Lipinski definition) is 5. The molecule has 2 aromatic rings. The largest absolute Gasteiger partial charge is 0.359 e. The molecule has 1 N–H and O–H groups in total. The van der Waals surface area contributed by atoms with E-state index in [2.05, 4.69) is 41.4 Å². The van der Waals surface area contributed by atoms with Crippen molar-refractivity contribution in [3.05, 3.63) is 28.1 Å². The standard InChI is InChI=1S/C9H10BrClN6/c1-5(8-16-13-4-17(8)2)14-7-6(10)3-12-9(11)15-7/h3-5H,1-2H3,(H,12,14,15). The number of hydrogen-bond donors (Lipinski definition) is 1. The number of anilines is 1. The number of nitrogens with zero attached hydrogens (tertiary/aromatic N) is 5. The molecule has 1 unspecified atom stereocenters. The van der Waals surface area contributed by atoms with Crippen molar-refractivity contribution < 1.29 is 0 Å². The first-order valence-corrected chi connectivity index (χ1v) is 6.03. The summed E-state index contributed by atoms with van der Waals surface area (Å²) in [5, 5.41) is 11.2. The van der Waals surface area contributed by atoms with Gasteiger partial charge in [0, 0.05) is 13.2 Å². The zero-order valence-electron chi connectivity index (χ0n) is 9.22. The topological polar surface area (TPSA) is 68.5 Å². The molecule has 0 aliphatic heterocycles. The lowest BCUT2D eigenvalue weighted by Crippen LogP contribution is -2.13. The molecule has 0 aliphatic rings. The molecule has 0 amide bonds. The minimum Gasteiger partial charge on any atom is -0.359 e. The Balaban J connectivity index is 2.21. The Hall–Kier alpha value is -1.21. The van der Waals surface area contributed by atoms with E-state index in [9.17, 15) is 0 Å². The number of nitrogens with one attached hydrogen (secondary N) is 1. The van der Waals surface area contributed by atoms with E-state index < -0.39 is 0 Å². The van der Waals surface area contributed by atoms with Crippen LogP contribution in [0.15, 0.2) is 17.0 Å². The van der Waals surface area contributed by atoms with Crippen LogP contribution in [0.3, 0.4) is 0 Å². The summed E-state index contributed by atoms with van der Waals surface area (Å²) in [4.78, 5) is 7.95. The molecule has 2 heterocycles. The van der Waals surface area contributed by atoms with Crippen molar-refractivity contribution in [3.8, 4) is 0 Å². The second-order valence-electron chi connectivity index (χ2n) is 3.50. The molecular weight excluding hydrogens is 307 g/mol. The van der Waals surface area contributed by atoms with Gasteiger partial charge in [-0.1, -0.05) is 0 Å². The molecule has 0 bridgehead atoms. The summed E-state index contributed by atoms with van der Waals surface area (Å²) in [6, 6.07) is -0.0373. The minimum atomic E-state index is -0.0373. The fraction of sp³-hybridized carbons (Fsp3) is 0.333. The van der Waals surface area contributed by atoms with E-state index in [0.717, 1.165) is 10.3 Å². The lowest BCUT2D eigenvalue weighted by molar-refractivity contribution is 0.715. The van der Waals surface area contributed by atoms with Crippen molar-refractivity contribution in [2.45, 2.75) is 13.0 Å². The van der Waals surface area contributed by atoms with E-state index in [1.165, 1.54) is 0 Å². The van der Waals surface area contributed by atoms with Crippen molar-refractivity contribution in [1.82, 2.24) is 24.7 Å². The lowest BCUT2D eigenvalue weighted by atomic mass is 10.3. The maximum absolute atomic E-state index is 5.74. The Bertz CT molecular complexity index is 528. The van der Waals surface area contributed by atoms with Crippen LogP contribution in [0, 0.1) is 0 Å². The molecule has 17 heavy (non-hydrogen) atoms. The quantitative estimate of drug-likeness (QED) is 0.879. The van der Waals surface area contributed by atoms with Gasteiger partial charge in [-0.05, 0) is 34.5 Å². The Labute approximate surface area is 112 Å². The first-order chi connectivity index (χ1) is 8.08. The maximum Gasteiger partial charge on any atom is 0.224 e. The van der Waals surface area contributed by atoms with E-state index in [-0.39, 0.29) is 11.3 Å². The van der Waals surface area contributed by atoms with E-state index in [4.69, 9.17) is 11.6 Å². The van der Waals surface area contributed by atoms with Gasteiger partial charge in [0.25, 0.3) is 0 Å². The Kier molecular flexibility index (Phi) is 3.58. The summed E-state index contributed by atoms with van der Waals surface area (Å²) in [5.41, 5.74) is 0. The van der Waals surface area contributed by atoms with Crippen molar-refractivity contribution in [3.63, 3.8) is 0 Å². The van der Waals surface area contributed by atoms with Crippen LogP contribution in [-0.2, 0) is 7.05 Å².